The Hall–Kier alpha value is -1.95. The zero-order valence-electron chi connectivity index (χ0n) is 11.7. The van der Waals surface area contributed by atoms with Gasteiger partial charge < -0.3 is 16.4 Å². The summed E-state index contributed by atoms with van der Waals surface area (Å²) in [5, 5.41) is 5.06. The fraction of sp³-hybridized carbons (Fsp3) is 0.429. The lowest BCUT2D eigenvalue weighted by molar-refractivity contribution is -0.119. The Kier molecular flexibility index (Phi) is 6.11. The van der Waals surface area contributed by atoms with Gasteiger partial charge in [0.2, 0.25) is 11.8 Å². The number of nitrogens with one attached hydrogen (secondary N) is 2. The lowest BCUT2D eigenvalue weighted by atomic mass is 10.0. The minimum Gasteiger partial charge on any atom is -0.330 e. The topological polar surface area (TPSA) is 84.2 Å². The summed E-state index contributed by atoms with van der Waals surface area (Å²) in [5.74, 6) is -1.32. The van der Waals surface area contributed by atoms with Gasteiger partial charge in [-0.1, -0.05) is 6.92 Å². The van der Waals surface area contributed by atoms with Gasteiger partial charge in [0.25, 0.3) is 0 Å². The lowest BCUT2D eigenvalue weighted by Crippen LogP contribution is -2.22. The molecule has 2 amide bonds. The summed E-state index contributed by atoms with van der Waals surface area (Å²) in [6, 6.07) is 4.03. The van der Waals surface area contributed by atoms with Crippen LogP contribution in [0.4, 0.5) is 15.8 Å². The third-order valence-electron chi connectivity index (χ3n) is 2.83. The number of anilines is 2. The largest absolute Gasteiger partial charge is 0.330 e. The molecule has 0 aliphatic rings. The summed E-state index contributed by atoms with van der Waals surface area (Å²) in [6.07, 6.45) is 1.39. The molecule has 1 rings (SSSR count). The normalized spacial score (nSPS) is 11.8. The molecule has 0 saturated carbocycles. The predicted octanol–water partition coefficient (Wildman–Crippen LogP) is 2.10. The quantitative estimate of drug-likeness (QED) is 0.746. The van der Waals surface area contributed by atoms with Crippen molar-refractivity contribution in [2.75, 3.05) is 17.2 Å². The van der Waals surface area contributed by atoms with Crippen LogP contribution in [0.2, 0.25) is 0 Å². The molecule has 5 nitrogen and oxygen atoms in total. The van der Waals surface area contributed by atoms with E-state index in [0.717, 1.165) is 6.42 Å². The van der Waals surface area contributed by atoms with Crippen LogP contribution in [-0.4, -0.2) is 18.4 Å². The molecule has 0 aromatic heterocycles. The van der Waals surface area contributed by atoms with Crippen LogP contribution < -0.4 is 16.4 Å². The SMILES string of the molecule is CC(=O)Nc1ccc(F)c(NC(=O)C(C)CCCN)c1. The van der Waals surface area contributed by atoms with E-state index >= 15 is 0 Å². The van der Waals surface area contributed by atoms with Crippen molar-refractivity contribution in [3.8, 4) is 0 Å². The second kappa shape index (κ2) is 7.59. The van der Waals surface area contributed by atoms with E-state index in [0.29, 0.717) is 18.7 Å². The van der Waals surface area contributed by atoms with Crippen LogP contribution in [0.25, 0.3) is 0 Å². The van der Waals surface area contributed by atoms with Gasteiger partial charge in [-0.25, -0.2) is 4.39 Å². The van der Waals surface area contributed by atoms with Crippen LogP contribution in [0.3, 0.4) is 0 Å². The van der Waals surface area contributed by atoms with Crippen LogP contribution in [0.15, 0.2) is 18.2 Å². The Bertz CT molecular complexity index is 491. The van der Waals surface area contributed by atoms with E-state index in [9.17, 15) is 14.0 Å². The van der Waals surface area contributed by atoms with Gasteiger partial charge in [0, 0.05) is 18.5 Å². The first kappa shape index (κ1) is 16.1. The summed E-state index contributed by atoms with van der Waals surface area (Å²) in [4.78, 5) is 22.9. The van der Waals surface area contributed by atoms with Crippen molar-refractivity contribution < 1.29 is 14.0 Å². The standard InChI is InChI=1S/C14H20FN3O2/c1-9(4-3-7-16)14(20)18-13-8-11(17-10(2)19)5-6-12(13)15/h5-6,8-9H,3-4,7,16H2,1-2H3,(H,17,19)(H,18,20). The van der Waals surface area contributed by atoms with Crippen molar-refractivity contribution in [3.63, 3.8) is 0 Å². The molecule has 1 unspecified atom stereocenters. The Labute approximate surface area is 117 Å². The number of hydrogen-bond donors (Lipinski definition) is 3. The number of carbonyl (C=O) groups excluding carboxylic acids is 2. The van der Waals surface area contributed by atoms with Gasteiger partial charge in [0.15, 0.2) is 0 Å². The molecule has 0 radical (unpaired) electrons. The highest BCUT2D eigenvalue weighted by Gasteiger charge is 2.14. The number of hydrogen-bond acceptors (Lipinski definition) is 3. The summed E-state index contributed by atoms with van der Waals surface area (Å²) < 4.78 is 13.6. The molecule has 4 N–H and O–H groups in total. The van der Waals surface area contributed by atoms with Crippen LogP contribution in [-0.2, 0) is 9.59 Å². The van der Waals surface area contributed by atoms with Gasteiger partial charge in [0.05, 0.1) is 5.69 Å². The molecular weight excluding hydrogens is 261 g/mol. The molecule has 0 fully saturated rings. The van der Waals surface area contributed by atoms with Crippen molar-refractivity contribution in [2.45, 2.75) is 26.7 Å². The van der Waals surface area contributed by atoms with Crippen molar-refractivity contribution in [2.24, 2.45) is 11.7 Å². The average molecular weight is 281 g/mol. The maximum atomic E-state index is 13.6. The first-order chi connectivity index (χ1) is 9.43. The maximum absolute atomic E-state index is 13.6. The Balaban J connectivity index is 2.75. The first-order valence-electron chi connectivity index (χ1n) is 6.52. The first-order valence-corrected chi connectivity index (χ1v) is 6.52. The number of benzene rings is 1. The smallest absolute Gasteiger partial charge is 0.227 e. The third kappa shape index (κ3) is 4.97. The maximum Gasteiger partial charge on any atom is 0.227 e. The molecule has 0 heterocycles. The fourth-order valence-electron chi connectivity index (χ4n) is 1.71. The zero-order chi connectivity index (χ0) is 15.1. The Morgan fingerprint density at radius 3 is 2.65 bits per heavy atom. The Morgan fingerprint density at radius 2 is 2.05 bits per heavy atom. The summed E-state index contributed by atoms with van der Waals surface area (Å²) in [7, 11) is 0. The molecule has 6 heteroatoms. The van der Waals surface area contributed by atoms with E-state index in [1.807, 2.05) is 0 Å². The molecule has 0 aliphatic heterocycles. The minimum atomic E-state index is -0.543. The van der Waals surface area contributed by atoms with Crippen LogP contribution >= 0.6 is 0 Å². The van der Waals surface area contributed by atoms with E-state index < -0.39 is 5.82 Å². The number of amides is 2. The van der Waals surface area contributed by atoms with Crippen molar-refractivity contribution in [1.29, 1.82) is 0 Å². The van der Waals surface area contributed by atoms with Gasteiger partial charge in [-0.2, -0.15) is 0 Å². The van der Waals surface area contributed by atoms with Crippen LogP contribution in [0, 0.1) is 11.7 Å². The highest BCUT2D eigenvalue weighted by Crippen LogP contribution is 2.21. The summed E-state index contributed by atoms with van der Waals surface area (Å²) in [5.41, 5.74) is 5.88. The molecule has 1 aromatic carbocycles. The zero-order valence-corrected chi connectivity index (χ0v) is 11.7. The van der Waals surface area contributed by atoms with Crippen molar-refractivity contribution >= 4 is 23.2 Å². The molecule has 1 aromatic rings. The molecule has 110 valence electrons. The fourth-order valence-corrected chi connectivity index (χ4v) is 1.71. The molecule has 0 aliphatic carbocycles. The molecule has 0 spiro atoms. The average Bonchev–Trinajstić information content (AvgIpc) is 2.39. The predicted molar refractivity (Wildman–Crippen MR) is 76.8 cm³/mol. The molecule has 1 atom stereocenters. The number of carbonyl (C=O) groups is 2. The van der Waals surface area contributed by atoms with Gasteiger partial charge in [-0.3, -0.25) is 9.59 Å². The van der Waals surface area contributed by atoms with Gasteiger partial charge in [-0.05, 0) is 37.6 Å². The lowest BCUT2D eigenvalue weighted by Gasteiger charge is -2.13. The van der Waals surface area contributed by atoms with E-state index in [-0.39, 0.29) is 23.4 Å². The van der Waals surface area contributed by atoms with Crippen LogP contribution in [0.1, 0.15) is 26.7 Å². The highest BCUT2D eigenvalue weighted by atomic mass is 19.1. The van der Waals surface area contributed by atoms with E-state index in [1.54, 1.807) is 6.92 Å². The van der Waals surface area contributed by atoms with Crippen LogP contribution in [0.5, 0.6) is 0 Å². The molecule has 20 heavy (non-hydrogen) atoms. The number of rotatable bonds is 6. The molecular formula is C14H20FN3O2. The van der Waals surface area contributed by atoms with E-state index in [4.69, 9.17) is 5.73 Å². The van der Waals surface area contributed by atoms with Gasteiger partial charge in [-0.15, -0.1) is 0 Å². The van der Waals surface area contributed by atoms with Crippen molar-refractivity contribution in [3.05, 3.63) is 24.0 Å². The van der Waals surface area contributed by atoms with E-state index in [2.05, 4.69) is 10.6 Å². The molecule has 0 bridgehead atoms. The Morgan fingerprint density at radius 1 is 1.35 bits per heavy atom. The second-order valence-electron chi connectivity index (χ2n) is 4.70. The third-order valence-corrected chi connectivity index (χ3v) is 2.83. The van der Waals surface area contributed by atoms with Gasteiger partial charge in [0.1, 0.15) is 5.82 Å². The van der Waals surface area contributed by atoms with Crippen molar-refractivity contribution in [1.82, 2.24) is 0 Å². The minimum absolute atomic E-state index is 0.0563. The summed E-state index contributed by atoms with van der Waals surface area (Å²) >= 11 is 0. The van der Waals surface area contributed by atoms with Gasteiger partial charge >= 0.3 is 0 Å². The second-order valence-corrected chi connectivity index (χ2v) is 4.70. The number of nitrogens with two attached hydrogens (primary N) is 1. The highest BCUT2D eigenvalue weighted by molar-refractivity contribution is 5.94. The molecule has 0 saturated heterocycles. The summed E-state index contributed by atoms with van der Waals surface area (Å²) in [6.45, 7) is 3.64. The monoisotopic (exact) mass is 281 g/mol. The van der Waals surface area contributed by atoms with E-state index in [1.165, 1.54) is 25.1 Å². The number of halogens is 1.